The fourth-order valence-corrected chi connectivity index (χ4v) is 4.09. The van der Waals surface area contributed by atoms with Crippen LogP contribution in [0.4, 0.5) is 10.1 Å². The van der Waals surface area contributed by atoms with E-state index in [9.17, 15) is 14.0 Å². The molecule has 164 valence electrons. The fraction of sp³-hybridized carbons (Fsp3) is 0.292. The monoisotopic (exact) mass is 436 g/mol. The molecule has 3 aromatic rings. The van der Waals surface area contributed by atoms with Crippen molar-refractivity contribution >= 4 is 17.6 Å². The summed E-state index contributed by atoms with van der Waals surface area (Å²) in [7, 11) is 0. The number of benzene rings is 2. The Morgan fingerprint density at radius 3 is 2.81 bits per heavy atom. The average Bonchev–Trinajstić information content (AvgIpc) is 3.49. The van der Waals surface area contributed by atoms with Gasteiger partial charge in [0.25, 0.3) is 0 Å². The van der Waals surface area contributed by atoms with Gasteiger partial charge in [0.1, 0.15) is 30.0 Å². The zero-order chi connectivity index (χ0) is 22.2. The van der Waals surface area contributed by atoms with Gasteiger partial charge in [0.2, 0.25) is 5.91 Å². The highest BCUT2D eigenvalue weighted by atomic mass is 19.1. The number of amides is 1. The Hall–Kier alpha value is -3.68. The molecule has 7 nitrogen and oxygen atoms in total. The molecule has 2 aliphatic rings. The summed E-state index contributed by atoms with van der Waals surface area (Å²) in [6.07, 6.45) is 1.05. The molecular formula is C24H21FN2O5. The number of rotatable bonds is 5. The van der Waals surface area contributed by atoms with Gasteiger partial charge >= 0.3 is 5.97 Å². The number of aromatic nitrogens is 1. The predicted molar refractivity (Wildman–Crippen MR) is 112 cm³/mol. The molecule has 0 bridgehead atoms. The third-order valence-electron chi connectivity index (χ3n) is 5.70. The molecule has 1 aromatic heterocycles. The molecule has 2 unspecified atom stereocenters. The molecule has 1 fully saturated rings. The van der Waals surface area contributed by atoms with Gasteiger partial charge in [-0.15, -0.1) is 0 Å². The van der Waals surface area contributed by atoms with Gasteiger partial charge in [-0.1, -0.05) is 5.16 Å². The van der Waals surface area contributed by atoms with Crippen molar-refractivity contribution in [3.05, 3.63) is 65.6 Å². The quantitative estimate of drug-likeness (QED) is 0.565. The lowest BCUT2D eigenvalue weighted by molar-refractivity contribution is -0.149. The molecule has 0 radical (unpaired) electrons. The molecule has 8 heteroatoms. The van der Waals surface area contributed by atoms with Crippen LogP contribution in [0.3, 0.4) is 0 Å². The Bertz CT molecular complexity index is 1170. The first kappa shape index (κ1) is 20.2. The normalized spacial score (nSPS) is 19.7. The third kappa shape index (κ3) is 3.95. The summed E-state index contributed by atoms with van der Waals surface area (Å²) in [5.74, 6) is -0.176. The molecule has 0 N–H and O–H groups in total. The molecule has 0 saturated carbocycles. The van der Waals surface area contributed by atoms with Gasteiger partial charge in [-0.3, -0.25) is 9.59 Å². The molecule has 2 atom stereocenters. The van der Waals surface area contributed by atoms with Crippen LogP contribution >= 0.6 is 0 Å². The largest absolute Gasteiger partial charge is 0.490 e. The second-order valence-electron chi connectivity index (χ2n) is 8.13. The standard InChI is InChI=1S/C24H21FN2O5/c1-14-8-16-9-15(2-7-21(16)31-14)22-11-19(26-32-22)13-30-24(29)17-10-23(28)27(12-17)20-5-3-18(25)4-6-20/h2-7,9,11,14,17H,8,10,12-13H2,1H3. The van der Waals surface area contributed by atoms with Crippen LogP contribution in [-0.2, 0) is 27.4 Å². The number of fused-ring (bicyclic) bond motifs is 1. The maximum Gasteiger partial charge on any atom is 0.311 e. The zero-order valence-corrected chi connectivity index (χ0v) is 17.4. The minimum atomic E-state index is -0.586. The Morgan fingerprint density at radius 2 is 2.00 bits per heavy atom. The summed E-state index contributed by atoms with van der Waals surface area (Å²) in [4.78, 5) is 26.3. The van der Waals surface area contributed by atoms with Gasteiger partial charge < -0.3 is 18.9 Å². The minimum Gasteiger partial charge on any atom is -0.490 e. The average molecular weight is 436 g/mol. The van der Waals surface area contributed by atoms with Crippen molar-refractivity contribution in [2.45, 2.75) is 32.5 Å². The number of hydrogen-bond acceptors (Lipinski definition) is 6. The highest BCUT2D eigenvalue weighted by Gasteiger charge is 2.36. The first-order chi connectivity index (χ1) is 15.5. The van der Waals surface area contributed by atoms with E-state index in [-0.39, 0.29) is 37.4 Å². The van der Waals surface area contributed by atoms with E-state index in [1.54, 1.807) is 6.07 Å². The highest BCUT2D eigenvalue weighted by Crippen LogP contribution is 2.33. The van der Waals surface area contributed by atoms with E-state index >= 15 is 0 Å². The Morgan fingerprint density at radius 1 is 1.19 bits per heavy atom. The summed E-state index contributed by atoms with van der Waals surface area (Å²) in [5.41, 5.74) is 3.04. The summed E-state index contributed by atoms with van der Waals surface area (Å²) in [6, 6.07) is 13.2. The second-order valence-corrected chi connectivity index (χ2v) is 8.13. The van der Waals surface area contributed by atoms with E-state index in [1.165, 1.54) is 29.2 Å². The SMILES string of the molecule is CC1Cc2cc(-c3cc(COC(=O)C4CC(=O)N(c5ccc(F)cc5)C4)no3)ccc2O1. The van der Waals surface area contributed by atoms with E-state index in [0.717, 1.165) is 23.3 Å². The number of nitrogens with zero attached hydrogens (tertiary/aromatic N) is 2. The van der Waals surface area contributed by atoms with Crippen LogP contribution in [0.2, 0.25) is 0 Å². The van der Waals surface area contributed by atoms with Crippen molar-refractivity contribution in [3.8, 4) is 17.1 Å². The van der Waals surface area contributed by atoms with Crippen molar-refractivity contribution < 1.29 is 28.0 Å². The van der Waals surface area contributed by atoms with Crippen LogP contribution in [0.1, 0.15) is 24.6 Å². The topological polar surface area (TPSA) is 81.9 Å². The lowest BCUT2D eigenvalue weighted by Gasteiger charge is -2.16. The van der Waals surface area contributed by atoms with Gasteiger partial charge in [-0.05, 0) is 55.0 Å². The van der Waals surface area contributed by atoms with Crippen LogP contribution in [0.15, 0.2) is 53.1 Å². The van der Waals surface area contributed by atoms with Gasteiger partial charge in [-0.2, -0.15) is 0 Å². The summed E-state index contributed by atoms with van der Waals surface area (Å²) in [6.45, 7) is 2.18. The third-order valence-corrected chi connectivity index (χ3v) is 5.70. The summed E-state index contributed by atoms with van der Waals surface area (Å²) in [5, 5.41) is 3.99. The molecule has 32 heavy (non-hydrogen) atoms. The lowest BCUT2D eigenvalue weighted by Crippen LogP contribution is -2.26. The summed E-state index contributed by atoms with van der Waals surface area (Å²) >= 11 is 0. The van der Waals surface area contributed by atoms with Crippen molar-refractivity contribution in [3.63, 3.8) is 0 Å². The number of esters is 1. The summed E-state index contributed by atoms with van der Waals surface area (Å²) < 4.78 is 29.6. The maximum absolute atomic E-state index is 13.1. The number of hydrogen-bond donors (Lipinski definition) is 0. The van der Waals surface area contributed by atoms with Gasteiger partial charge in [0, 0.05) is 36.7 Å². The van der Waals surface area contributed by atoms with Crippen molar-refractivity contribution in [2.24, 2.45) is 5.92 Å². The number of carbonyl (C=O) groups excluding carboxylic acids is 2. The Labute approximate surface area is 183 Å². The molecule has 1 amide bonds. The Kier molecular flexibility index (Phi) is 5.13. The van der Waals surface area contributed by atoms with E-state index < -0.39 is 11.9 Å². The van der Waals surface area contributed by atoms with Crippen LogP contribution in [0, 0.1) is 11.7 Å². The van der Waals surface area contributed by atoms with Crippen LogP contribution in [0.5, 0.6) is 5.75 Å². The van der Waals surface area contributed by atoms with Crippen LogP contribution in [-0.4, -0.2) is 29.7 Å². The van der Waals surface area contributed by atoms with Crippen molar-refractivity contribution in [1.29, 1.82) is 0 Å². The van der Waals surface area contributed by atoms with E-state index in [4.69, 9.17) is 14.0 Å². The predicted octanol–water partition coefficient (Wildman–Crippen LogP) is 3.90. The van der Waals surface area contributed by atoms with E-state index in [0.29, 0.717) is 17.1 Å². The zero-order valence-electron chi connectivity index (χ0n) is 17.4. The molecule has 3 heterocycles. The minimum absolute atomic E-state index is 0.0470. The van der Waals surface area contributed by atoms with Crippen molar-refractivity contribution in [2.75, 3.05) is 11.4 Å². The first-order valence-electron chi connectivity index (χ1n) is 10.4. The van der Waals surface area contributed by atoms with Gasteiger partial charge in [-0.25, -0.2) is 4.39 Å². The maximum atomic E-state index is 13.1. The van der Waals surface area contributed by atoms with E-state index in [1.807, 2.05) is 25.1 Å². The molecule has 5 rings (SSSR count). The number of carbonyl (C=O) groups is 2. The fourth-order valence-electron chi connectivity index (χ4n) is 4.09. The van der Waals surface area contributed by atoms with Crippen molar-refractivity contribution in [1.82, 2.24) is 5.16 Å². The van der Waals surface area contributed by atoms with Crippen LogP contribution in [0.25, 0.3) is 11.3 Å². The number of ether oxygens (including phenoxy) is 2. The molecule has 1 saturated heterocycles. The molecular weight excluding hydrogens is 415 g/mol. The van der Waals surface area contributed by atoms with Gasteiger partial charge in [0.15, 0.2) is 5.76 Å². The second kappa shape index (κ2) is 8.11. The highest BCUT2D eigenvalue weighted by molar-refractivity contribution is 5.99. The lowest BCUT2D eigenvalue weighted by atomic mass is 10.1. The number of anilines is 1. The molecule has 2 aromatic carbocycles. The molecule has 0 spiro atoms. The van der Waals surface area contributed by atoms with Crippen LogP contribution < -0.4 is 9.64 Å². The molecule has 2 aliphatic heterocycles. The van der Waals surface area contributed by atoms with Gasteiger partial charge in [0.05, 0.1) is 5.92 Å². The smallest absolute Gasteiger partial charge is 0.311 e. The van der Waals surface area contributed by atoms with E-state index in [2.05, 4.69) is 5.16 Å². The first-order valence-corrected chi connectivity index (χ1v) is 10.4. The Balaban J connectivity index is 1.19. The number of halogens is 1. The molecule has 0 aliphatic carbocycles.